The molecule has 0 bridgehead atoms. The SMILES string of the molecule is C=CCOc1ccccc1C=C1SC(=O)N(CCCC)C1=O. The minimum Gasteiger partial charge on any atom is -0.489 e. The number of amides is 2. The van der Waals surface area contributed by atoms with Crippen LogP contribution in [0.5, 0.6) is 5.75 Å². The Labute approximate surface area is 134 Å². The lowest BCUT2D eigenvalue weighted by Crippen LogP contribution is -2.29. The van der Waals surface area contributed by atoms with Crippen LogP contribution in [0.25, 0.3) is 6.08 Å². The van der Waals surface area contributed by atoms with E-state index in [1.165, 1.54) is 4.90 Å². The number of nitrogens with zero attached hydrogens (tertiary/aromatic N) is 1. The van der Waals surface area contributed by atoms with E-state index in [4.69, 9.17) is 4.74 Å². The van der Waals surface area contributed by atoms with Crippen molar-refractivity contribution < 1.29 is 14.3 Å². The van der Waals surface area contributed by atoms with Crippen LogP contribution in [-0.4, -0.2) is 29.2 Å². The molecule has 1 heterocycles. The van der Waals surface area contributed by atoms with Crippen molar-refractivity contribution >= 4 is 29.0 Å². The second-order valence-corrected chi connectivity index (χ2v) is 5.82. The smallest absolute Gasteiger partial charge is 0.293 e. The van der Waals surface area contributed by atoms with Crippen molar-refractivity contribution in [2.24, 2.45) is 0 Å². The van der Waals surface area contributed by atoms with Crippen LogP contribution in [0.15, 0.2) is 41.8 Å². The maximum atomic E-state index is 12.3. The fourth-order valence-corrected chi connectivity index (χ4v) is 2.89. The van der Waals surface area contributed by atoms with Crippen LogP contribution in [0, 0.1) is 0 Å². The molecule has 22 heavy (non-hydrogen) atoms. The summed E-state index contributed by atoms with van der Waals surface area (Å²) in [5.41, 5.74) is 0.783. The number of carbonyl (C=O) groups excluding carboxylic acids is 2. The summed E-state index contributed by atoms with van der Waals surface area (Å²) in [5, 5.41) is -0.200. The minimum absolute atomic E-state index is 0.200. The zero-order valence-electron chi connectivity index (χ0n) is 12.6. The average Bonchev–Trinajstić information content (AvgIpc) is 2.78. The van der Waals surface area contributed by atoms with Crippen molar-refractivity contribution in [3.63, 3.8) is 0 Å². The van der Waals surface area contributed by atoms with Crippen molar-refractivity contribution in [2.45, 2.75) is 19.8 Å². The van der Waals surface area contributed by atoms with Crippen LogP contribution < -0.4 is 4.74 Å². The molecule has 0 saturated carbocycles. The topological polar surface area (TPSA) is 46.6 Å². The number of hydrogen-bond acceptors (Lipinski definition) is 4. The largest absolute Gasteiger partial charge is 0.489 e. The van der Waals surface area contributed by atoms with E-state index < -0.39 is 0 Å². The Morgan fingerprint density at radius 3 is 2.82 bits per heavy atom. The van der Waals surface area contributed by atoms with Crippen molar-refractivity contribution in [1.29, 1.82) is 0 Å². The molecule has 2 rings (SSSR count). The maximum absolute atomic E-state index is 12.3. The zero-order chi connectivity index (χ0) is 15.9. The molecule has 0 aromatic heterocycles. The van der Waals surface area contributed by atoms with Crippen molar-refractivity contribution in [3.05, 3.63) is 47.4 Å². The first-order valence-electron chi connectivity index (χ1n) is 7.25. The van der Waals surface area contributed by atoms with E-state index in [0.29, 0.717) is 23.8 Å². The lowest BCUT2D eigenvalue weighted by Gasteiger charge is -2.11. The molecule has 1 saturated heterocycles. The summed E-state index contributed by atoms with van der Waals surface area (Å²) in [4.78, 5) is 26.0. The molecule has 1 aliphatic heterocycles. The Morgan fingerprint density at radius 1 is 1.32 bits per heavy atom. The van der Waals surface area contributed by atoms with Crippen LogP contribution >= 0.6 is 11.8 Å². The molecule has 1 aliphatic rings. The van der Waals surface area contributed by atoms with E-state index >= 15 is 0 Å². The first-order chi connectivity index (χ1) is 10.7. The molecule has 0 N–H and O–H groups in total. The van der Waals surface area contributed by atoms with Crippen molar-refractivity contribution in [1.82, 2.24) is 4.90 Å². The maximum Gasteiger partial charge on any atom is 0.293 e. The molecule has 2 amide bonds. The molecule has 1 fully saturated rings. The fraction of sp³-hybridized carbons (Fsp3) is 0.294. The van der Waals surface area contributed by atoms with Gasteiger partial charge in [0.2, 0.25) is 0 Å². The van der Waals surface area contributed by atoms with Gasteiger partial charge in [-0.3, -0.25) is 14.5 Å². The number of benzene rings is 1. The van der Waals surface area contributed by atoms with Gasteiger partial charge in [-0.25, -0.2) is 0 Å². The second-order valence-electron chi connectivity index (χ2n) is 4.82. The van der Waals surface area contributed by atoms with E-state index in [1.807, 2.05) is 31.2 Å². The van der Waals surface area contributed by atoms with Gasteiger partial charge in [0.15, 0.2) is 0 Å². The molecule has 5 heteroatoms. The first kappa shape index (κ1) is 16.4. The lowest BCUT2D eigenvalue weighted by molar-refractivity contribution is -0.122. The summed E-state index contributed by atoms with van der Waals surface area (Å²) in [7, 11) is 0. The van der Waals surface area contributed by atoms with Crippen molar-refractivity contribution in [3.8, 4) is 5.75 Å². The van der Waals surface area contributed by atoms with Gasteiger partial charge in [0.25, 0.3) is 11.1 Å². The van der Waals surface area contributed by atoms with E-state index in [1.54, 1.807) is 12.2 Å². The second kappa shape index (κ2) is 7.84. The highest BCUT2D eigenvalue weighted by Gasteiger charge is 2.34. The summed E-state index contributed by atoms with van der Waals surface area (Å²) in [6.07, 6.45) is 5.15. The van der Waals surface area contributed by atoms with Crippen LogP contribution in [0.2, 0.25) is 0 Å². The average molecular weight is 317 g/mol. The highest BCUT2D eigenvalue weighted by molar-refractivity contribution is 8.18. The summed E-state index contributed by atoms with van der Waals surface area (Å²) in [6, 6.07) is 7.42. The van der Waals surface area contributed by atoms with Crippen molar-refractivity contribution in [2.75, 3.05) is 13.2 Å². The molecule has 4 nitrogen and oxygen atoms in total. The number of carbonyl (C=O) groups is 2. The van der Waals surface area contributed by atoms with Crippen LogP contribution in [0.1, 0.15) is 25.3 Å². The van der Waals surface area contributed by atoms with Gasteiger partial charge in [-0.15, -0.1) is 0 Å². The number of thioether (sulfide) groups is 1. The van der Waals surface area contributed by atoms with E-state index in [2.05, 4.69) is 6.58 Å². The Bertz CT molecular complexity index is 610. The molecular formula is C17H19NO3S. The molecule has 1 aromatic carbocycles. The minimum atomic E-state index is -0.220. The Hall–Kier alpha value is -2.01. The van der Waals surface area contributed by atoms with E-state index in [-0.39, 0.29) is 11.1 Å². The fourth-order valence-electron chi connectivity index (χ4n) is 2.03. The molecule has 1 aromatic rings. The van der Waals surface area contributed by atoms with Gasteiger partial charge in [0.05, 0.1) is 4.91 Å². The summed E-state index contributed by atoms with van der Waals surface area (Å²) in [5.74, 6) is 0.449. The van der Waals surface area contributed by atoms with Gasteiger partial charge < -0.3 is 4.74 Å². The predicted molar refractivity (Wildman–Crippen MR) is 89.7 cm³/mol. The Balaban J connectivity index is 2.21. The van der Waals surface area contributed by atoms with Gasteiger partial charge in [0, 0.05) is 12.1 Å². The molecule has 0 unspecified atom stereocenters. The number of para-hydroxylation sites is 1. The monoisotopic (exact) mass is 317 g/mol. The van der Waals surface area contributed by atoms with E-state index in [0.717, 1.165) is 30.2 Å². The molecule has 116 valence electrons. The number of ether oxygens (including phenoxy) is 1. The molecular weight excluding hydrogens is 298 g/mol. The zero-order valence-corrected chi connectivity index (χ0v) is 13.4. The lowest BCUT2D eigenvalue weighted by atomic mass is 10.2. The third-order valence-electron chi connectivity index (χ3n) is 3.17. The molecule has 0 spiro atoms. The highest BCUT2D eigenvalue weighted by Crippen LogP contribution is 2.34. The van der Waals surface area contributed by atoms with Gasteiger partial charge in [-0.05, 0) is 30.3 Å². The van der Waals surface area contributed by atoms with Crippen LogP contribution in [0.3, 0.4) is 0 Å². The third-order valence-corrected chi connectivity index (χ3v) is 4.08. The van der Waals surface area contributed by atoms with Crippen LogP contribution in [0.4, 0.5) is 4.79 Å². The highest BCUT2D eigenvalue weighted by atomic mass is 32.2. The van der Waals surface area contributed by atoms with Gasteiger partial charge in [0.1, 0.15) is 12.4 Å². The molecule has 0 aliphatic carbocycles. The van der Waals surface area contributed by atoms with Gasteiger partial charge in [-0.2, -0.15) is 0 Å². The summed E-state index contributed by atoms with van der Waals surface area (Å²) >= 11 is 0.982. The third kappa shape index (κ3) is 3.80. The van der Waals surface area contributed by atoms with Crippen LogP contribution in [-0.2, 0) is 4.79 Å². The quantitative estimate of drug-likeness (QED) is 0.561. The first-order valence-corrected chi connectivity index (χ1v) is 8.07. The Kier molecular flexibility index (Phi) is 5.83. The Morgan fingerprint density at radius 2 is 2.09 bits per heavy atom. The summed E-state index contributed by atoms with van der Waals surface area (Å²) < 4.78 is 5.57. The normalized spacial score (nSPS) is 16.4. The number of hydrogen-bond donors (Lipinski definition) is 0. The molecule has 0 atom stereocenters. The predicted octanol–water partition coefficient (Wildman–Crippen LogP) is 4.09. The summed E-state index contributed by atoms with van der Waals surface area (Å²) in [6.45, 7) is 6.52. The standard InChI is InChI=1S/C17H19NO3S/c1-3-5-10-18-16(19)15(22-17(18)20)12-13-8-6-7-9-14(13)21-11-4-2/h4,6-9,12H,2-3,5,10-11H2,1H3. The van der Waals surface area contributed by atoms with Gasteiger partial charge in [-0.1, -0.05) is 44.2 Å². The molecule has 0 radical (unpaired) electrons. The number of unbranched alkanes of at least 4 members (excludes halogenated alkanes) is 1. The van der Waals surface area contributed by atoms with Gasteiger partial charge >= 0.3 is 0 Å². The number of imide groups is 1. The van der Waals surface area contributed by atoms with E-state index in [9.17, 15) is 9.59 Å². The number of rotatable bonds is 7.